The van der Waals surface area contributed by atoms with Crippen LogP contribution in [0.3, 0.4) is 0 Å². The molecule has 0 aliphatic heterocycles. The van der Waals surface area contributed by atoms with E-state index in [0.717, 1.165) is 12.5 Å². The molecule has 0 aromatic heterocycles. The number of carboxylic acid groups (broad SMARTS) is 2. The molecule has 2 N–H and O–H groups in total. The maximum Gasteiger partial charge on any atom is 0.324 e. The molecule has 0 amide bonds. The van der Waals surface area contributed by atoms with Crippen LogP contribution in [0.4, 0.5) is 0 Å². The summed E-state index contributed by atoms with van der Waals surface area (Å²) in [5.41, 5.74) is -1.13. The highest BCUT2D eigenvalue weighted by Gasteiger charge is 2.38. The van der Waals surface area contributed by atoms with Gasteiger partial charge in [0, 0.05) is 0 Å². The summed E-state index contributed by atoms with van der Waals surface area (Å²) >= 11 is 0. The van der Waals surface area contributed by atoms with Crippen LogP contribution in [0, 0.1) is 5.41 Å². The SMILES string of the molecule is CC(C=Cc1ccccc1)(C(=O)O)C(=O)O. The second-order valence-electron chi connectivity index (χ2n) is 3.56. The van der Waals surface area contributed by atoms with Gasteiger partial charge in [-0.3, -0.25) is 9.59 Å². The Bertz CT molecular complexity index is 406. The maximum atomic E-state index is 10.9. The van der Waals surface area contributed by atoms with E-state index in [1.165, 1.54) is 12.2 Å². The molecule has 4 heteroatoms. The number of carboxylic acids is 2. The van der Waals surface area contributed by atoms with Gasteiger partial charge >= 0.3 is 11.9 Å². The molecule has 0 aliphatic rings. The fourth-order valence-corrected chi connectivity index (χ4v) is 1.06. The van der Waals surface area contributed by atoms with Gasteiger partial charge in [-0.2, -0.15) is 0 Å². The molecule has 16 heavy (non-hydrogen) atoms. The lowest BCUT2D eigenvalue weighted by molar-refractivity contribution is -0.159. The maximum absolute atomic E-state index is 10.9. The van der Waals surface area contributed by atoms with E-state index < -0.39 is 17.4 Å². The molecule has 1 aromatic carbocycles. The lowest BCUT2D eigenvalue weighted by Gasteiger charge is -2.14. The second kappa shape index (κ2) is 4.61. The van der Waals surface area contributed by atoms with Crippen molar-refractivity contribution < 1.29 is 19.8 Å². The van der Waals surface area contributed by atoms with Crippen LogP contribution in [-0.2, 0) is 9.59 Å². The van der Waals surface area contributed by atoms with Crippen LogP contribution in [-0.4, -0.2) is 22.2 Å². The number of rotatable bonds is 4. The first kappa shape index (κ1) is 12.0. The van der Waals surface area contributed by atoms with Crippen molar-refractivity contribution in [1.82, 2.24) is 0 Å². The van der Waals surface area contributed by atoms with Crippen molar-refractivity contribution >= 4 is 18.0 Å². The molecular weight excluding hydrogens is 208 g/mol. The van der Waals surface area contributed by atoms with E-state index in [0.29, 0.717) is 0 Å². The molecule has 0 bridgehead atoms. The lowest BCUT2D eigenvalue weighted by atomic mass is 9.90. The van der Waals surface area contributed by atoms with Crippen molar-refractivity contribution in [1.29, 1.82) is 0 Å². The summed E-state index contributed by atoms with van der Waals surface area (Å²) in [7, 11) is 0. The molecular formula is C12H12O4. The van der Waals surface area contributed by atoms with Crippen LogP contribution in [0.25, 0.3) is 6.08 Å². The van der Waals surface area contributed by atoms with Crippen LogP contribution in [0.2, 0.25) is 0 Å². The van der Waals surface area contributed by atoms with E-state index in [9.17, 15) is 9.59 Å². The molecule has 1 rings (SSSR count). The minimum absolute atomic E-state index is 0.760. The van der Waals surface area contributed by atoms with Crippen molar-refractivity contribution in [2.75, 3.05) is 0 Å². The first-order valence-corrected chi connectivity index (χ1v) is 4.68. The summed E-state index contributed by atoms with van der Waals surface area (Å²) in [5, 5.41) is 17.7. The Morgan fingerprint density at radius 1 is 1.12 bits per heavy atom. The number of aliphatic carboxylic acids is 2. The highest BCUT2D eigenvalue weighted by molar-refractivity contribution is 6.00. The predicted molar refractivity (Wildman–Crippen MR) is 58.9 cm³/mol. The van der Waals surface area contributed by atoms with Gasteiger partial charge in [-0.05, 0) is 12.5 Å². The van der Waals surface area contributed by atoms with E-state index in [4.69, 9.17) is 10.2 Å². The minimum atomic E-state index is -1.89. The first-order chi connectivity index (χ1) is 7.47. The number of carbonyl (C=O) groups is 2. The fraction of sp³-hybridized carbons (Fsp3) is 0.167. The Hall–Kier alpha value is -2.10. The van der Waals surface area contributed by atoms with E-state index in [-0.39, 0.29) is 0 Å². The van der Waals surface area contributed by atoms with E-state index in [2.05, 4.69) is 0 Å². The smallest absolute Gasteiger partial charge is 0.324 e. The zero-order chi connectivity index (χ0) is 12.2. The predicted octanol–water partition coefficient (Wildman–Crippen LogP) is 1.88. The van der Waals surface area contributed by atoms with Gasteiger partial charge in [0.1, 0.15) is 0 Å². The van der Waals surface area contributed by atoms with Crippen LogP contribution >= 0.6 is 0 Å². The van der Waals surface area contributed by atoms with Crippen LogP contribution in [0.15, 0.2) is 36.4 Å². The van der Waals surface area contributed by atoms with Gasteiger partial charge in [0.2, 0.25) is 0 Å². The third-order valence-corrected chi connectivity index (χ3v) is 2.30. The minimum Gasteiger partial charge on any atom is -0.480 e. The monoisotopic (exact) mass is 220 g/mol. The van der Waals surface area contributed by atoms with Crippen LogP contribution in [0.1, 0.15) is 12.5 Å². The summed E-state index contributed by atoms with van der Waals surface area (Å²) in [4.78, 5) is 21.7. The molecule has 0 heterocycles. The number of hydrogen-bond acceptors (Lipinski definition) is 2. The van der Waals surface area contributed by atoms with Gasteiger partial charge in [0.25, 0.3) is 0 Å². The van der Waals surface area contributed by atoms with Gasteiger partial charge in [0.05, 0.1) is 0 Å². The average Bonchev–Trinajstić information content (AvgIpc) is 2.26. The molecule has 1 aromatic rings. The Balaban J connectivity index is 2.98. The Morgan fingerprint density at radius 3 is 2.06 bits per heavy atom. The molecule has 0 fully saturated rings. The quantitative estimate of drug-likeness (QED) is 0.759. The Labute approximate surface area is 92.8 Å². The number of benzene rings is 1. The van der Waals surface area contributed by atoms with Crippen molar-refractivity contribution in [3.63, 3.8) is 0 Å². The Kier molecular flexibility index (Phi) is 3.45. The summed E-state index contributed by atoms with van der Waals surface area (Å²) in [6.45, 7) is 1.15. The van der Waals surface area contributed by atoms with E-state index >= 15 is 0 Å². The normalized spacial score (nSPS) is 11.6. The van der Waals surface area contributed by atoms with Gasteiger partial charge in [-0.1, -0.05) is 42.5 Å². The van der Waals surface area contributed by atoms with Gasteiger partial charge in [-0.15, -0.1) is 0 Å². The third-order valence-electron chi connectivity index (χ3n) is 2.30. The highest BCUT2D eigenvalue weighted by atomic mass is 16.4. The van der Waals surface area contributed by atoms with Gasteiger partial charge in [0.15, 0.2) is 5.41 Å². The average molecular weight is 220 g/mol. The Morgan fingerprint density at radius 2 is 1.62 bits per heavy atom. The molecule has 0 aliphatic carbocycles. The molecule has 0 unspecified atom stereocenters. The molecule has 84 valence electrons. The van der Waals surface area contributed by atoms with Crippen LogP contribution in [0.5, 0.6) is 0 Å². The fourth-order valence-electron chi connectivity index (χ4n) is 1.06. The van der Waals surface area contributed by atoms with Gasteiger partial charge in [-0.25, -0.2) is 0 Å². The van der Waals surface area contributed by atoms with Crippen molar-refractivity contribution in [3.05, 3.63) is 42.0 Å². The first-order valence-electron chi connectivity index (χ1n) is 4.68. The summed E-state index contributed by atoms with van der Waals surface area (Å²) in [6.07, 6.45) is 2.66. The van der Waals surface area contributed by atoms with Crippen molar-refractivity contribution in [2.24, 2.45) is 5.41 Å². The van der Waals surface area contributed by atoms with E-state index in [1.54, 1.807) is 24.3 Å². The standard InChI is InChI=1S/C12H12O4/c1-12(10(13)14,11(15)16)8-7-9-5-3-2-4-6-9/h2-8H,1H3,(H,13,14)(H,15,16). The zero-order valence-corrected chi connectivity index (χ0v) is 8.75. The summed E-state index contributed by atoms with van der Waals surface area (Å²) < 4.78 is 0. The largest absolute Gasteiger partial charge is 0.480 e. The third kappa shape index (κ3) is 2.48. The summed E-state index contributed by atoms with van der Waals surface area (Å²) in [5.74, 6) is -2.76. The van der Waals surface area contributed by atoms with Crippen molar-refractivity contribution in [2.45, 2.75) is 6.92 Å². The van der Waals surface area contributed by atoms with Crippen LogP contribution < -0.4 is 0 Å². The molecule has 0 radical (unpaired) electrons. The number of hydrogen-bond donors (Lipinski definition) is 2. The summed E-state index contributed by atoms with van der Waals surface area (Å²) in [6, 6.07) is 8.93. The zero-order valence-electron chi connectivity index (χ0n) is 8.75. The van der Waals surface area contributed by atoms with Gasteiger partial charge < -0.3 is 10.2 Å². The molecule has 0 atom stereocenters. The molecule has 0 saturated carbocycles. The molecule has 4 nitrogen and oxygen atoms in total. The van der Waals surface area contributed by atoms with E-state index in [1.807, 2.05) is 6.07 Å². The molecule has 0 spiro atoms. The van der Waals surface area contributed by atoms with Crippen molar-refractivity contribution in [3.8, 4) is 0 Å². The molecule has 0 saturated heterocycles. The highest BCUT2D eigenvalue weighted by Crippen LogP contribution is 2.20. The lowest BCUT2D eigenvalue weighted by Crippen LogP contribution is -2.34. The second-order valence-corrected chi connectivity index (χ2v) is 3.56. The topological polar surface area (TPSA) is 74.6 Å².